The van der Waals surface area contributed by atoms with Crippen LogP contribution in [0.4, 0.5) is 5.69 Å². The number of rotatable bonds is 9. The summed E-state index contributed by atoms with van der Waals surface area (Å²) in [5.41, 5.74) is 4.01. The van der Waals surface area contributed by atoms with Crippen LogP contribution in [0.2, 0.25) is 0 Å². The van der Waals surface area contributed by atoms with Gasteiger partial charge in [-0.1, -0.05) is 55.8 Å². The van der Waals surface area contributed by atoms with Crippen LogP contribution in [0.25, 0.3) is 0 Å². The summed E-state index contributed by atoms with van der Waals surface area (Å²) >= 11 is 0. The molecule has 0 aliphatic heterocycles. The van der Waals surface area contributed by atoms with Crippen molar-refractivity contribution in [3.05, 3.63) is 101 Å². The van der Waals surface area contributed by atoms with E-state index in [-0.39, 0.29) is 4.90 Å². The van der Waals surface area contributed by atoms with E-state index in [1.54, 1.807) is 23.7 Å². The fourth-order valence-electron chi connectivity index (χ4n) is 3.82. The number of anilines is 1. The number of nitrogens with zero attached hydrogens (tertiary/aromatic N) is 2. The summed E-state index contributed by atoms with van der Waals surface area (Å²) in [5, 5.41) is 4.58. The molecular weight excluding hydrogens is 446 g/mol. The first-order chi connectivity index (χ1) is 16.4. The molecule has 0 aliphatic rings. The number of hydrogen-bond donors (Lipinski definition) is 1. The average Bonchev–Trinajstić information content (AvgIpc) is 3.07. The predicted molar refractivity (Wildman–Crippen MR) is 135 cm³/mol. The highest BCUT2D eigenvalue weighted by Gasteiger charge is 2.20. The maximum atomic E-state index is 13.0. The highest BCUT2D eigenvalue weighted by atomic mass is 32.2. The molecule has 0 fully saturated rings. The molecule has 4 aromatic rings. The molecule has 0 saturated carbocycles. The molecule has 1 heterocycles. The predicted octanol–water partition coefficient (Wildman–Crippen LogP) is 6.09. The van der Waals surface area contributed by atoms with Gasteiger partial charge in [0.25, 0.3) is 10.0 Å². The smallest absolute Gasteiger partial charge is 0.262 e. The Bertz CT molecular complexity index is 1360. The molecule has 0 atom stereocenters. The van der Waals surface area contributed by atoms with Crippen molar-refractivity contribution in [1.29, 1.82) is 0 Å². The molecule has 0 spiro atoms. The molecule has 3 aromatic carbocycles. The van der Waals surface area contributed by atoms with Gasteiger partial charge in [-0.3, -0.25) is 9.40 Å². The Hall–Kier alpha value is -3.58. The van der Waals surface area contributed by atoms with Gasteiger partial charge >= 0.3 is 0 Å². The first kappa shape index (κ1) is 23.6. The lowest BCUT2D eigenvalue weighted by molar-refractivity contribution is 0.481. The van der Waals surface area contributed by atoms with E-state index >= 15 is 0 Å². The zero-order valence-corrected chi connectivity index (χ0v) is 20.5. The molecule has 7 heteroatoms. The van der Waals surface area contributed by atoms with Gasteiger partial charge in [-0.05, 0) is 67.8 Å². The van der Waals surface area contributed by atoms with Gasteiger partial charge in [0.05, 0.1) is 28.5 Å². The van der Waals surface area contributed by atoms with E-state index in [2.05, 4.69) is 16.7 Å². The van der Waals surface area contributed by atoms with Crippen LogP contribution in [-0.2, 0) is 23.0 Å². The second kappa shape index (κ2) is 10.1. The molecule has 34 heavy (non-hydrogen) atoms. The maximum Gasteiger partial charge on any atom is 0.262 e. The Labute approximate surface area is 201 Å². The van der Waals surface area contributed by atoms with Crippen LogP contribution < -0.4 is 9.46 Å². The monoisotopic (exact) mass is 475 g/mol. The molecule has 0 aliphatic carbocycles. The third kappa shape index (κ3) is 5.48. The van der Waals surface area contributed by atoms with Gasteiger partial charge in [0.2, 0.25) is 0 Å². The maximum absolute atomic E-state index is 13.0. The summed E-state index contributed by atoms with van der Waals surface area (Å²) in [5.74, 6) is 1.50. The lowest BCUT2D eigenvalue weighted by Gasteiger charge is -2.11. The van der Waals surface area contributed by atoms with Crippen molar-refractivity contribution in [2.75, 3.05) is 4.72 Å². The van der Waals surface area contributed by atoms with Crippen LogP contribution in [0, 0.1) is 13.8 Å². The minimum atomic E-state index is -3.71. The summed E-state index contributed by atoms with van der Waals surface area (Å²) in [6.45, 7) is 6.27. The summed E-state index contributed by atoms with van der Waals surface area (Å²) in [7, 11) is -3.71. The number of benzene rings is 3. The number of para-hydroxylation sites is 1. The molecule has 176 valence electrons. The fourth-order valence-corrected chi connectivity index (χ4v) is 5.00. The summed E-state index contributed by atoms with van der Waals surface area (Å²) in [6, 6.07) is 24.5. The standard InChI is InChI=1S/C27H29N3O3S/c1-4-9-22-14-16-26(17-15-22)34(31,32)29-27-20(2)28-30(21(27)3)19-23-10-8-13-25(18-23)33-24-11-6-5-7-12-24/h5-8,10-18,29H,4,9,19H2,1-3H3. The van der Waals surface area contributed by atoms with Gasteiger partial charge in [-0.25, -0.2) is 8.42 Å². The van der Waals surface area contributed by atoms with Crippen molar-refractivity contribution < 1.29 is 13.2 Å². The minimum Gasteiger partial charge on any atom is -0.457 e. The highest BCUT2D eigenvalue weighted by Crippen LogP contribution is 2.26. The van der Waals surface area contributed by atoms with Crippen LogP contribution in [0.1, 0.15) is 35.9 Å². The SMILES string of the molecule is CCCc1ccc(S(=O)(=O)Nc2c(C)nn(Cc3cccc(Oc4ccccc4)c3)c2C)cc1. The van der Waals surface area contributed by atoms with E-state index in [4.69, 9.17) is 4.74 Å². The van der Waals surface area contributed by atoms with E-state index in [0.717, 1.165) is 41.2 Å². The van der Waals surface area contributed by atoms with E-state index in [9.17, 15) is 8.42 Å². The quantitative estimate of drug-likeness (QED) is 0.318. The molecule has 4 rings (SSSR count). The third-order valence-corrected chi connectivity index (χ3v) is 6.97. The van der Waals surface area contributed by atoms with Gasteiger partial charge in [0.15, 0.2) is 0 Å². The van der Waals surface area contributed by atoms with Crippen molar-refractivity contribution in [3.8, 4) is 11.5 Å². The van der Waals surface area contributed by atoms with E-state index in [1.165, 1.54) is 0 Å². The molecule has 1 aromatic heterocycles. The minimum absolute atomic E-state index is 0.240. The Balaban J connectivity index is 1.52. The highest BCUT2D eigenvalue weighted by molar-refractivity contribution is 7.92. The molecule has 0 bridgehead atoms. The first-order valence-electron chi connectivity index (χ1n) is 11.3. The topological polar surface area (TPSA) is 73.2 Å². The van der Waals surface area contributed by atoms with Crippen LogP contribution in [0.3, 0.4) is 0 Å². The Morgan fingerprint density at radius 2 is 1.59 bits per heavy atom. The molecular formula is C27H29N3O3S. The number of hydrogen-bond acceptors (Lipinski definition) is 4. The summed E-state index contributed by atoms with van der Waals surface area (Å²) in [6.07, 6.45) is 1.94. The number of aromatic nitrogens is 2. The van der Waals surface area contributed by atoms with Crippen LogP contribution in [0.5, 0.6) is 11.5 Å². The summed E-state index contributed by atoms with van der Waals surface area (Å²) < 4.78 is 36.5. The lowest BCUT2D eigenvalue weighted by atomic mass is 10.1. The number of nitrogens with one attached hydrogen (secondary N) is 1. The second-order valence-electron chi connectivity index (χ2n) is 8.27. The lowest BCUT2D eigenvalue weighted by Crippen LogP contribution is -2.14. The Kier molecular flexibility index (Phi) is 7.03. The first-order valence-corrected chi connectivity index (χ1v) is 12.8. The van der Waals surface area contributed by atoms with Gasteiger partial charge in [-0.15, -0.1) is 0 Å². The second-order valence-corrected chi connectivity index (χ2v) is 9.95. The van der Waals surface area contributed by atoms with Crippen LogP contribution in [0.15, 0.2) is 83.8 Å². The summed E-state index contributed by atoms with van der Waals surface area (Å²) in [4.78, 5) is 0.240. The number of ether oxygens (including phenoxy) is 1. The zero-order valence-electron chi connectivity index (χ0n) is 19.7. The zero-order chi connectivity index (χ0) is 24.1. The molecule has 6 nitrogen and oxygen atoms in total. The fraction of sp³-hybridized carbons (Fsp3) is 0.222. The molecule has 1 N–H and O–H groups in total. The Morgan fingerprint density at radius 3 is 2.29 bits per heavy atom. The normalized spacial score (nSPS) is 11.4. The number of sulfonamides is 1. The van der Waals surface area contributed by atoms with E-state index in [1.807, 2.05) is 73.7 Å². The van der Waals surface area contributed by atoms with Crippen molar-refractivity contribution in [2.45, 2.75) is 45.1 Å². The average molecular weight is 476 g/mol. The largest absolute Gasteiger partial charge is 0.457 e. The van der Waals surface area contributed by atoms with Crippen molar-refractivity contribution >= 4 is 15.7 Å². The van der Waals surface area contributed by atoms with Gasteiger partial charge in [-0.2, -0.15) is 5.10 Å². The van der Waals surface area contributed by atoms with Gasteiger partial charge in [0, 0.05) is 0 Å². The van der Waals surface area contributed by atoms with E-state index < -0.39 is 10.0 Å². The molecule has 0 radical (unpaired) electrons. The van der Waals surface area contributed by atoms with Crippen LogP contribution in [-0.4, -0.2) is 18.2 Å². The van der Waals surface area contributed by atoms with Gasteiger partial charge < -0.3 is 4.74 Å². The van der Waals surface area contributed by atoms with Crippen molar-refractivity contribution in [3.63, 3.8) is 0 Å². The van der Waals surface area contributed by atoms with E-state index in [0.29, 0.717) is 17.9 Å². The molecule has 0 amide bonds. The van der Waals surface area contributed by atoms with Crippen LogP contribution >= 0.6 is 0 Å². The Morgan fingerprint density at radius 1 is 0.882 bits per heavy atom. The van der Waals surface area contributed by atoms with Crippen molar-refractivity contribution in [2.24, 2.45) is 0 Å². The number of aryl methyl sites for hydroxylation is 2. The van der Waals surface area contributed by atoms with Gasteiger partial charge in [0.1, 0.15) is 11.5 Å². The van der Waals surface area contributed by atoms with Crippen molar-refractivity contribution in [1.82, 2.24) is 9.78 Å². The third-order valence-electron chi connectivity index (χ3n) is 5.60. The molecule has 0 saturated heterocycles. The molecule has 0 unspecified atom stereocenters.